The van der Waals surface area contributed by atoms with Crippen molar-refractivity contribution in [2.24, 2.45) is 0 Å². The van der Waals surface area contributed by atoms with Gasteiger partial charge < -0.3 is 9.88 Å². The Hall–Kier alpha value is -2.51. The number of H-pyrrole nitrogens is 1. The van der Waals surface area contributed by atoms with Crippen molar-refractivity contribution in [3.05, 3.63) is 51.1 Å². The second-order valence-electron chi connectivity index (χ2n) is 6.62. The fraction of sp³-hybridized carbons (Fsp3) is 0.263. The van der Waals surface area contributed by atoms with E-state index in [2.05, 4.69) is 11.1 Å². The number of aromatic amines is 1. The van der Waals surface area contributed by atoms with E-state index in [-0.39, 0.29) is 10.8 Å². The van der Waals surface area contributed by atoms with Crippen molar-refractivity contribution in [1.29, 1.82) is 5.26 Å². The Labute approximate surface area is 144 Å². The van der Waals surface area contributed by atoms with Crippen molar-refractivity contribution >= 4 is 39.1 Å². The van der Waals surface area contributed by atoms with Crippen LogP contribution in [-0.4, -0.2) is 19.1 Å². The highest BCUT2D eigenvalue weighted by molar-refractivity contribution is 6.34. The van der Waals surface area contributed by atoms with Crippen molar-refractivity contribution in [2.45, 2.75) is 18.3 Å². The molecular weight excluding hydrogens is 322 g/mol. The molecule has 0 atom stereocenters. The molecule has 3 aromatic rings. The number of benzene rings is 2. The third-order valence-electron chi connectivity index (χ3n) is 4.86. The van der Waals surface area contributed by atoms with E-state index in [0.29, 0.717) is 15.8 Å². The maximum atomic E-state index is 12.9. The number of fused-ring (bicyclic) bond motifs is 2. The molecule has 0 amide bonds. The zero-order valence-corrected chi connectivity index (χ0v) is 14.2. The van der Waals surface area contributed by atoms with Gasteiger partial charge in [0.1, 0.15) is 0 Å². The molecule has 1 N–H and O–H groups in total. The van der Waals surface area contributed by atoms with Crippen LogP contribution in [0.25, 0.3) is 21.8 Å². The number of nitrogens with one attached hydrogen (secondary N) is 1. The van der Waals surface area contributed by atoms with Gasteiger partial charge in [0, 0.05) is 24.9 Å². The Balaban J connectivity index is 2.09. The van der Waals surface area contributed by atoms with Gasteiger partial charge in [0.05, 0.1) is 33.2 Å². The average Bonchev–Trinajstić information content (AvgIpc) is 3.35. The van der Waals surface area contributed by atoms with E-state index in [1.54, 1.807) is 12.1 Å². The second kappa shape index (κ2) is 4.99. The highest BCUT2D eigenvalue weighted by Gasteiger charge is 2.44. The number of aromatic nitrogens is 1. The summed E-state index contributed by atoms with van der Waals surface area (Å²) < 4.78 is 0. The van der Waals surface area contributed by atoms with Gasteiger partial charge in [0.2, 0.25) is 0 Å². The Morgan fingerprint density at radius 3 is 2.54 bits per heavy atom. The van der Waals surface area contributed by atoms with Crippen LogP contribution in [0.1, 0.15) is 18.4 Å². The molecule has 5 heteroatoms. The molecule has 0 spiro atoms. The molecule has 4 rings (SSSR count). The minimum absolute atomic E-state index is 0.0214. The normalized spacial score (nSPS) is 15.4. The van der Waals surface area contributed by atoms with Crippen LogP contribution in [0.3, 0.4) is 0 Å². The van der Waals surface area contributed by atoms with Crippen molar-refractivity contribution in [2.75, 3.05) is 19.0 Å². The largest absolute Gasteiger partial charge is 0.375 e. The second-order valence-corrected chi connectivity index (χ2v) is 7.03. The smallest absolute Gasteiger partial charge is 0.197 e. The van der Waals surface area contributed by atoms with Crippen LogP contribution >= 0.6 is 11.6 Å². The molecule has 0 unspecified atom stereocenters. The average molecular weight is 338 g/mol. The van der Waals surface area contributed by atoms with Gasteiger partial charge in [0.25, 0.3) is 0 Å². The molecular formula is C19H16ClN3O. The molecule has 4 nitrogen and oxygen atoms in total. The number of nitriles is 1. The van der Waals surface area contributed by atoms with Gasteiger partial charge in [-0.05, 0) is 42.7 Å². The zero-order valence-electron chi connectivity index (χ0n) is 13.5. The molecule has 0 saturated heterocycles. The van der Waals surface area contributed by atoms with Gasteiger partial charge >= 0.3 is 0 Å². The molecule has 1 aromatic heterocycles. The summed E-state index contributed by atoms with van der Waals surface area (Å²) in [6, 6.07) is 11.6. The first-order valence-electron chi connectivity index (χ1n) is 7.84. The monoisotopic (exact) mass is 337 g/mol. The highest BCUT2D eigenvalue weighted by Crippen LogP contribution is 2.48. The molecule has 0 aliphatic heterocycles. The number of hydrogen-bond acceptors (Lipinski definition) is 3. The number of hydrogen-bond donors (Lipinski definition) is 1. The number of halogens is 1. The number of pyridine rings is 1. The minimum Gasteiger partial charge on any atom is -0.375 e. The van der Waals surface area contributed by atoms with Crippen LogP contribution in [0.2, 0.25) is 5.02 Å². The topological polar surface area (TPSA) is 59.9 Å². The van der Waals surface area contributed by atoms with E-state index < -0.39 is 0 Å². The van der Waals surface area contributed by atoms with Gasteiger partial charge in [-0.2, -0.15) is 5.26 Å². The number of nitrogens with zero attached hydrogens (tertiary/aromatic N) is 2. The van der Waals surface area contributed by atoms with Crippen molar-refractivity contribution in [1.82, 2.24) is 4.98 Å². The van der Waals surface area contributed by atoms with Crippen molar-refractivity contribution in [3.8, 4) is 6.07 Å². The quantitative estimate of drug-likeness (QED) is 0.720. The molecule has 0 bridgehead atoms. The summed E-state index contributed by atoms with van der Waals surface area (Å²) in [5.41, 5.74) is 2.84. The Bertz CT molecular complexity index is 1090. The first-order valence-corrected chi connectivity index (χ1v) is 8.22. The van der Waals surface area contributed by atoms with Crippen LogP contribution in [0.15, 0.2) is 35.1 Å². The highest BCUT2D eigenvalue weighted by atomic mass is 35.5. The molecule has 1 heterocycles. The lowest BCUT2D eigenvalue weighted by Crippen LogP contribution is -2.13. The predicted molar refractivity (Wildman–Crippen MR) is 97.9 cm³/mol. The SMILES string of the molecule is CN(C)c1c(Cl)ccc2c(=O)c3ccc(C4(C#N)CC4)cc3[nH]c12. The Kier molecular flexibility index (Phi) is 3.13. The standard InChI is InChI=1S/C19H16ClN3O/c1-23(2)17-14(20)6-5-13-16(17)22-15-9-11(19(10-21)7-8-19)3-4-12(15)18(13)24/h3-6,9H,7-8H2,1-2H3,(H,22,24). The lowest BCUT2D eigenvalue weighted by atomic mass is 9.96. The zero-order chi connectivity index (χ0) is 17.1. The van der Waals surface area contributed by atoms with Crippen LogP contribution in [0.4, 0.5) is 5.69 Å². The van der Waals surface area contributed by atoms with Gasteiger partial charge in [-0.1, -0.05) is 17.7 Å². The van der Waals surface area contributed by atoms with Crippen LogP contribution in [-0.2, 0) is 5.41 Å². The van der Waals surface area contributed by atoms with E-state index in [9.17, 15) is 10.1 Å². The molecule has 2 aromatic carbocycles. The third kappa shape index (κ3) is 2.02. The van der Waals surface area contributed by atoms with E-state index in [4.69, 9.17) is 11.6 Å². The summed E-state index contributed by atoms with van der Waals surface area (Å²) >= 11 is 6.33. The van der Waals surface area contributed by atoms with Crippen molar-refractivity contribution in [3.63, 3.8) is 0 Å². The molecule has 120 valence electrons. The fourth-order valence-corrected chi connectivity index (χ4v) is 3.66. The molecule has 1 saturated carbocycles. The van der Waals surface area contributed by atoms with E-state index in [1.807, 2.05) is 37.2 Å². The lowest BCUT2D eigenvalue weighted by molar-refractivity contribution is 0.910. The molecule has 0 radical (unpaired) electrons. The summed E-state index contributed by atoms with van der Waals surface area (Å²) in [6.07, 6.45) is 1.75. The van der Waals surface area contributed by atoms with Crippen LogP contribution in [0.5, 0.6) is 0 Å². The number of anilines is 1. The molecule has 1 aliphatic rings. The van der Waals surface area contributed by atoms with Gasteiger partial charge in [0.15, 0.2) is 5.43 Å². The lowest BCUT2D eigenvalue weighted by Gasteiger charge is -2.18. The first kappa shape index (κ1) is 15.0. The van der Waals surface area contributed by atoms with Gasteiger partial charge in [-0.3, -0.25) is 4.79 Å². The summed E-state index contributed by atoms with van der Waals surface area (Å²) in [7, 11) is 3.79. The number of rotatable bonds is 2. The first-order chi connectivity index (χ1) is 11.5. The molecule has 24 heavy (non-hydrogen) atoms. The van der Waals surface area contributed by atoms with Crippen molar-refractivity contribution < 1.29 is 0 Å². The predicted octanol–water partition coefficient (Wildman–Crippen LogP) is 3.96. The maximum Gasteiger partial charge on any atom is 0.197 e. The summed E-state index contributed by atoms with van der Waals surface area (Å²) in [6.45, 7) is 0. The van der Waals surface area contributed by atoms with Crippen LogP contribution in [0, 0.1) is 11.3 Å². The summed E-state index contributed by atoms with van der Waals surface area (Å²) in [5.74, 6) is 0. The van der Waals surface area contributed by atoms with Crippen LogP contribution < -0.4 is 10.3 Å². The summed E-state index contributed by atoms with van der Waals surface area (Å²) in [5, 5.41) is 11.3. The Morgan fingerprint density at radius 1 is 1.21 bits per heavy atom. The fourth-order valence-electron chi connectivity index (χ4n) is 3.33. The van der Waals surface area contributed by atoms with E-state index >= 15 is 0 Å². The Morgan fingerprint density at radius 2 is 1.92 bits per heavy atom. The van der Waals surface area contributed by atoms with E-state index in [1.165, 1.54) is 0 Å². The molecule has 1 fully saturated rings. The minimum atomic E-state index is -0.376. The summed E-state index contributed by atoms with van der Waals surface area (Å²) in [4.78, 5) is 18.1. The molecule has 1 aliphatic carbocycles. The van der Waals surface area contributed by atoms with Gasteiger partial charge in [-0.25, -0.2) is 0 Å². The third-order valence-corrected chi connectivity index (χ3v) is 5.17. The van der Waals surface area contributed by atoms with E-state index in [0.717, 1.165) is 35.1 Å². The van der Waals surface area contributed by atoms with Gasteiger partial charge in [-0.15, -0.1) is 0 Å². The maximum absolute atomic E-state index is 12.9.